The molecule has 2 aromatic heterocycles. The fourth-order valence-corrected chi connectivity index (χ4v) is 4.81. The number of aromatic nitrogens is 1. The maximum atomic E-state index is 12.8. The predicted molar refractivity (Wildman–Crippen MR) is 135 cm³/mol. The fraction of sp³-hybridized carbons (Fsp3) is 0.296. The second-order valence-electron chi connectivity index (χ2n) is 8.41. The molecule has 0 radical (unpaired) electrons. The van der Waals surface area contributed by atoms with Crippen LogP contribution in [0.2, 0.25) is 0 Å². The molecule has 1 N–H and O–H groups in total. The van der Waals surface area contributed by atoms with Gasteiger partial charge in [0, 0.05) is 36.6 Å². The summed E-state index contributed by atoms with van der Waals surface area (Å²) in [6.07, 6.45) is 0.932. The van der Waals surface area contributed by atoms with Gasteiger partial charge in [-0.3, -0.25) is 9.69 Å². The Morgan fingerprint density at radius 1 is 1.03 bits per heavy atom. The van der Waals surface area contributed by atoms with Crippen LogP contribution in [0, 0.1) is 0 Å². The molecule has 0 spiro atoms. The van der Waals surface area contributed by atoms with Crippen molar-refractivity contribution in [1.29, 1.82) is 0 Å². The van der Waals surface area contributed by atoms with Gasteiger partial charge in [-0.25, -0.2) is 0 Å². The summed E-state index contributed by atoms with van der Waals surface area (Å²) in [6.45, 7) is 7.37. The van der Waals surface area contributed by atoms with Crippen LogP contribution in [-0.2, 0) is 17.9 Å². The number of hydrogen-bond donors (Lipinski definition) is 1. The number of rotatable bonds is 10. The molecule has 4 nitrogen and oxygen atoms in total. The molecule has 0 saturated carbocycles. The van der Waals surface area contributed by atoms with Crippen LogP contribution in [-0.4, -0.2) is 34.5 Å². The highest BCUT2D eigenvalue weighted by Gasteiger charge is 2.14. The average molecular weight is 446 g/mol. The molecule has 2 aromatic carbocycles. The maximum Gasteiger partial charge on any atom is 0.239 e. The molecule has 2 heterocycles. The first-order valence-electron chi connectivity index (χ1n) is 11.3. The van der Waals surface area contributed by atoms with Crippen LogP contribution >= 0.6 is 11.3 Å². The van der Waals surface area contributed by atoms with Crippen molar-refractivity contribution in [2.24, 2.45) is 0 Å². The molecule has 0 atom stereocenters. The van der Waals surface area contributed by atoms with E-state index in [9.17, 15) is 4.79 Å². The minimum absolute atomic E-state index is 0.0586. The van der Waals surface area contributed by atoms with Crippen LogP contribution in [0.5, 0.6) is 0 Å². The van der Waals surface area contributed by atoms with E-state index in [0.717, 1.165) is 36.1 Å². The Morgan fingerprint density at radius 3 is 2.56 bits per heavy atom. The lowest BCUT2D eigenvalue weighted by atomic mass is 10.2. The van der Waals surface area contributed by atoms with Crippen molar-refractivity contribution < 1.29 is 4.79 Å². The third-order valence-electron chi connectivity index (χ3n) is 5.79. The van der Waals surface area contributed by atoms with E-state index in [1.54, 1.807) is 11.3 Å². The van der Waals surface area contributed by atoms with Gasteiger partial charge in [-0.2, -0.15) is 0 Å². The summed E-state index contributed by atoms with van der Waals surface area (Å²) in [5, 5.41) is 6.37. The summed E-state index contributed by atoms with van der Waals surface area (Å²) < 4.78 is 2.13. The molecule has 0 saturated heterocycles. The Kier molecular flexibility index (Phi) is 7.40. The first-order valence-corrected chi connectivity index (χ1v) is 12.2. The van der Waals surface area contributed by atoms with E-state index >= 15 is 0 Å². The highest BCUT2D eigenvalue weighted by atomic mass is 32.1. The second-order valence-corrected chi connectivity index (χ2v) is 9.35. The van der Waals surface area contributed by atoms with Gasteiger partial charge in [0.25, 0.3) is 0 Å². The van der Waals surface area contributed by atoms with Gasteiger partial charge >= 0.3 is 0 Å². The Labute approximate surface area is 194 Å². The van der Waals surface area contributed by atoms with Crippen molar-refractivity contribution in [3.05, 3.63) is 83.7 Å². The topological polar surface area (TPSA) is 37.3 Å². The molecule has 5 heteroatoms. The predicted octanol–water partition coefficient (Wildman–Crippen LogP) is 5.79. The molecule has 0 unspecified atom stereocenters. The lowest BCUT2D eigenvalue weighted by Gasteiger charge is -2.26. The number of thiophene rings is 1. The van der Waals surface area contributed by atoms with Gasteiger partial charge in [-0.1, -0.05) is 54.6 Å². The molecule has 0 aliphatic rings. The molecular formula is C27H31N3OS. The zero-order valence-electron chi connectivity index (χ0n) is 18.8. The van der Waals surface area contributed by atoms with Crippen LogP contribution in [0.25, 0.3) is 21.5 Å². The number of hydrogen-bond acceptors (Lipinski definition) is 3. The van der Waals surface area contributed by atoms with Crippen molar-refractivity contribution >= 4 is 28.1 Å². The normalized spacial score (nSPS) is 11.5. The van der Waals surface area contributed by atoms with Gasteiger partial charge in [-0.15, -0.1) is 11.3 Å². The fourth-order valence-electron chi connectivity index (χ4n) is 4.06. The molecule has 0 fully saturated rings. The van der Waals surface area contributed by atoms with E-state index in [-0.39, 0.29) is 5.91 Å². The van der Waals surface area contributed by atoms with Gasteiger partial charge in [0.1, 0.15) is 6.54 Å². The Hall–Kier alpha value is -2.89. The largest absolute Gasteiger partial charge is 0.355 e. The molecule has 4 rings (SSSR count). The van der Waals surface area contributed by atoms with Gasteiger partial charge < -0.3 is 9.88 Å². The molecular weight excluding hydrogens is 414 g/mol. The van der Waals surface area contributed by atoms with Crippen molar-refractivity contribution in [2.75, 3.05) is 13.1 Å². The summed E-state index contributed by atoms with van der Waals surface area (Å²) in [5.74, 6) is 0.0586. The number of carbonyl (C=O) groups is 1. The van der Waals surface area contributed by atoms with Crippen LogP contribution in [0.15, 0.2) is 78.2 Å². The number of para-hydroxylation sites is 1. The second kappa shape index (κ2) is 10.6. The summed E-state index contributed by atoms with van der Waals surface area (Å²) in [5.41, 5.74) is 3.52. The molecule has 0 aliphatic carbocycles. The lowest BCUT2D eigenvalue weighted by Crippen LogP contribution is -2.34. The van der Waals surface area contributed by atoms with Crippen molar-refractivity contribution in [3.8, 4) is 10.6 Å². The highest BCUT2D eigenvalue weighted by molar-refractivity contribution is 7.13. The van der Waals surface area contributed by atoms with E-state index in [0.29, 0.717) is 19.1 Å². The standard InChI is InChI=1S/C27H31N3OS/c1-21(2)29(19-22-10-4-3-5-11-22)16-9-15-28-27(31)20-30-24-13-7-6-12-23(24)18-25(30)26-14-8-17-32-26/h3-8,10-14,17-18,21H,9,15-16,19-20H2,1-2H3,(H,28,31). The van der Waals surface area contributed by atoms with E-state index < -0.39 is 0 Å². The van der Waals surface area contributed by atoms with Crippen molar-refractivity contribution in [2.45, 2.75) is 39.4 Å². The summed E-state index contributed by atoms with van der Waals surface area (Å²) in [7, 11) is 0. The first kappa shape index (κ1) is 22.3. The lowest BCUT2D eigenvalue weighted by molar-refractivity contribution is -0.121. The molecule has 4 aromatic rings. The zero-order chi connectivity index (χ0) is 22.3. The number of fused-ring (bicyclic) bond motifs is 1. The van der Waals surface area contributed by atoms with E-state index in [1.807, 2.05) is 12.1 Å². The quantitative estimate of drug-likeness (QED) is 0.314. The highest BCUT2D eigenvalue weighted by Crippen LogP contribution is 2.31. The van der Waals surface area contributed by atoms with E-state index in [1.165, 1.54) is 10.4 Å². The molecule has 32 heavy (non-hydrogen) atoms. The number of carbonyl (C=O) groups excluding carboxylic acids is 1. The number of benzene rings is 2. The van der Waals surface area contributed by atoms with Crippen LogP contribution < -0.4 is 5.32 Å². The number of nitrogens with zero attached hydrogens (tertiary/aromatic N) is 2. The minimum atomic E-state index is 0.0586. The Morgan fingerprint density at radius 2 is 1.81 bits per heavy atom. The monoisotopic (exact) mass is 445 g/mol. The van der Waals surface area contributed by atoms with E-state index in [2.05, 4.69) is 94.7 Å². The van der Waals surface area contributed by atoms with Gasteiger partial charge in [0.05, 0.1) is 10.6 Å². The Bertz CT molecular complexity index is 1130. The number of nitrogens with one attached hydrogen (secondary N) is 1. The van der Waals surface area contributed by atoms with E-state index in [4.69, 9.17) is 0 Å². The molecule has 1 amide bonds. The Balaban J connectivity index is 1.34. The SMILES string of the molecule is CC(C)N(CCCNC(=O)Cn1c(-c2cccs2)cc2ccccc21)Cc1ccccc1. The summed E-state index contributed by atoms with van der Waals surface area (Å²) in [6, 6.07) is 25.6. The smallest absolute Gasteiger partial charge is 0.239 e. The minimum Gasteiger partial charge on any atom is -0.355 e. The summed E-state index contributed by atoms with van der Waals surface area (Å²) >= 11 is 1.70. The van der Waals surface area contributed by atoms with Crippen LogP contribution in [0.1, 0.15) is 25.8 Å². The summed E-state index contributed by atoms with van der Waals surface area (Å²) in [4.78, 5) is 16.4. The average Bonchev–Trinajstić information content (AvgIpc) is 3.45. The van der Waals surface area contributed by atoms with Gasteiger partial charge in [0.2, 0.25) is 5.91 Å². The van der Waals surface area contributed by atoms with Crippen LogP contribution in [0.3, 0.4) is 0 Å². The van der Waals surface area contributed by atoms with Crippen molar-refractivity contribution in [3.63, 3.8) is 0 Å². The third-order valence-corrected chi connectivity index (χ3v) is 6.68. The first-order chi connectivity index (χ1) is 15.6. The zero-order valence-corrected chi connectivity index (χ0v) is 19.6. The van der Waals surface area contributed by atoms with Crippen LogP contribution in [0.4, 0.5) is 0 Å². The molecule has 0 bridgehead atoms. The molecule has 0 aliphatic heterocycles. The maximum absolute atomic E-state index is 12.8. The van der Waals surface area contributed by atoms with Gasteiger partial charge in [0.15, 0.2) is 0 Å². The van der Waals surface area contributed by atoms with Crippen molar-refractivity contribution in [1.82, 2.24) is 14.8 Å². The molecule has 166 valence electrons. The van der Waals surface area contributed by atoms with Gasteiger partial charge in [-0.05, 0) is 49.4 Å². The third kappa shape index (κ3) is 5.47. The number of amides is 1.